The van der Waals surface area contributed by atoms with E-state index in [0.717, 1.165) is 21.9 Å². The minimum Gasteiger partial charge on any atom is -0.447 e. The van der Waals surface area contributed by atoms with Crippen LogP contribution < -0.4 is 20.9 Å². The van der Waals surface area contributed by atoms with Gasteiger partial charge in [0, 0.05) is 18.7 Å². The molecular formula is C14H14F2N4O4S. The smallest absolute Gasteiger partial charge is 0.416 e. The quantitative estimate of drug-likeness (QED) is 0.747. The average Bonchev–Trinajstić information content (AvgIpc) is 3.07. The molecule has 3 rings (SSSR count). The van der Waals surface area contributed by atoms with E-state index in [0.29, 0.717) is 0 Å². The molecule has 0 saturated carbocycles. The van der Waals surface area contributed by atoms with Gasteiger partial charge in [0.2, 0.25) is 0 Å². The van der Waals surface area contributed by atoms with E-state index in [4.69, 9.17) is 10.5 Å². The maximum Gasteiger partial charge on any atom is 0.416 e. The van der Waals surface area contributed by atoms with Gasteiger partial charge in [-0.3, -0.25) is 15.5 Å². The Labute approximate surface area is 146 Å². The van der Waals surface area contributed by atoms with Gasteiger partial charge in [0.25, 0.3) is 0 Å². The molecule has 0 aromatic heterocycles. The van der Waals surface area contributed by atoms with Gasteiger partial charge in [0.15, 0.2) is 17.9 Å². The number of carbonyl (C=O) groups is 2. The first kappa shape index (κ1) is 17.3. The molecule has 0 spiro atoms. The molecule has 2 aliphatic rings. The van der Waals surface area contributed by atoms with E-state index < -0.39 is 41.8 Å². The minimum atomic E-state index is -1.01. The lowest BCUT2D eigenvalue weighted by Gasteiger charge is -2.24. The van der Waals surface area contributed by atoms with Crippen LogP contribution in [0.3, 0.4) is 0 Å². The average molecular weight is 372 g/mol. The van der Waals surface area contributed by atoms with Crippen molar-refractivity contribution in [3.8, 4) is 0 Å². The fourth-order valence-corrected chi connectivity index (χ4v) is 2.85. The molecule has 11 heteroatoms. The van der Waals surface area contributed by atoms with Crippen LogP contribution in [0.5, 0.6) is 0 Å². The van der Waals surface area contributed by atoms with Gasteiger partial charge in [-0.15, -0.1) is 0 Å². The SMILES string of the molecule is N[C@H]1OC(=O)N(c2cc(F)c(N3CCOC3=O)c(F)c2)C1CNC=S. The third-order valence-electron chi connectivity index (χ3n) is 3.87. The van der Waals surface area contributed by atoms with E-state index in [9.17, 15) is 18.4 Å². The van der Waals surface area contributed by atoms with Crippen molar-refractivity contribution in [3.63, 3.8) is 0 Å². The maximum atomic E-state index is 14.5. The van der Waals surface area contributed by atoms with Crippen molar-refractivity contribution >= 4 is 41.3 Å². The zero-order valence-electron chi connectivity index (χ0n) is 12.8. The fraction of sp³-hybridized carbons (Fsp3) is 0.357. The predicted molar refractivity (Wildman–Crippen MR) is 87.4 cm³/mol. The largest absolute Gasteiger partial charge is 0.447 e. The summed E-state index contributed by atoms with van der Waals surface area (Å²) in [5, 5.41) is 2.71. The summed E-state index contributed by atoms with van der Waals surface area (Å²) in [6.07, 6.45) is -2.67. The predicted octanol–water partition coefficient (Wildman–Crippen LogP) is 1.08. The highest BCUT2D eigenvalue weighted by atomic mass is 32.1. The number of nitrogens with zero attached hydrogens (tertiary/aromatic N) is 2. The number of hydrogen-bond acceptors (Lipinski definition) is 6. The highest BCUT2D eigenvalue weighted by Crippen LogP contribution is 2.33. The van der Waals surface area contributed by atoms with Crippen molar-refractivity contribution in [1.29, 1.82) is 0 Å². The van der Waals surface area contributed by atoms with Crippen LogP contribution in [0, 0.1) is 11.6 Å². The van der Waals surface area contributed by atoms with Crippen LogP contribution in [0.2, 0.25) is 0 Å². The molecule has 25 heavy (non-hydrogen) atoms. The van der Waals surface area contributed by atoms with Crippen LogP contribution in [0.1, 0.15) is 0 Å². The van der Waals surface area contributed by atoms with Crippen molar-refractivity contribution < 1.29 is 27.8 Å². The Bertz CT molecular complexity index is 712. The molecule has 0 aliphatic carbocycles. The van der Waals surface area contributed by atoms with Crippen molar-refractivity contribution in [3.05, 3.63) is 23.8 Å². The molecule has 1 unspecified atom stereocenters. The summed E-state index contributed by atoms with van der Waals surface area (Å²) >= 11 is 4.65. The van der Waals surface area contributed by atoms with Crippen LogP contribution in [0.4, 0.5) is 29.7 Å². The molecule has 1 aromatic rings. The molecule has 1 aromatic carbocycles. The second kappa shape index (κ2) is 6.76. The zero-order chi connectivity index (χ0) is 18.1. The number of carbonyl (C=O) groups excluding carboxylic acids is 2. The highest BCUT2D eigenvalue weighted by molar-refractivity contribution is 7.78. The second-order valence-corrected chi connectivity index (χ2v) is 5.57. The lowest BCUT2D eigenvalue weighted by molar-refractivity contribution is 0.135. The summed E-state index contributed by atoms with van der Waals surface area (Å²) in [6.45, 7) is 0.210. The van der Waals surface area contributed by atoms with E-state index in [1.54, 1.807) is 0 Å². The Morgan fingerprint density at radius 3 is 2.56 bits per heavy atom. The standard InChI is InChI=1S/C14H14F2N4O4S/c15-8-3-7(4-9(16)11(8)19-1-2-23-13(19)21)20-10(5-18-6-25)12(17)24-14(20)22/h3-4,6,10,12H,1-2,5,17H2,(H,18,25)/t10?,12-/m0/s1. The molecule has 0 bridgehead atoms. The van der Waals surface area contributed by atoms with Crippen molar-refractivity contribution in [1.82, 2.24) is 5.32 Å². The van der Waals surface area contributed by atoms with Gasteiger partial charge in [0.05, 0.1) is 17.7 Å². The Morgan fingerprint density at radius 1 is 1.32 bits per heavy atom. The van der Waals surface area contributed by atoms with Gasteiger partial charge in [-0.2, -0.15) is 0 Å². The number of nitrogens with two attached hydrogens (primary N) is 1. The number of amides is 2. The topological polar surface area (TPSA) is 97.1 Å². The number of hydrogen-bond donors (Lipinski definition) is 2. The molecule has 134 valence electrons. The molecule has 0 radical (unpaired) electrons. The van der Waals surface area contributed by atoms with Gasteiger partial charge in [-0.1, -0.05) is 12.2 Å². The number of benzene rings is 1. The normalized spacial score (nSPS) is 22.8. The molecule has 2 amide bonds. The van der Waals surface area contributed by atoms with Crippen LogP contribution in [0.25, 0.3) is 0 Å². The Balaban J connectivity index is 1.95. The number of rotatable bonds is 5. The minimum absolute atomic E-state index is 0.0316. The lowest BCUT2D eigenvalue weighted by atomic mass is 10.1. The summed E-state index contributed by atoms with van der Waals surface area (Å²) in [7, 11) is 0. The van der Waals surface area contributed by atoms with E-state index in [2.05, 4.69) is 22.3 Å². The number of thiocarbonyl (C=S) groups is 1. The fourth-order valence-electron chi connectivity index (χ4n) is 2.75. The van der Waals surface area contributed by atoms with Crippen LogP contribution >= 0.6 is 12.2 Å². The number of nitrogens with one attached hydrogen (secondary N) is 1. The van der Waals surface area contributed by atoms with Gasteiger partial charge in [-0.25, -0.2) is 18.4 Å². The van der Waals surface area contributed by atoms with Crippen molar-refractivity contribution in [2.24, 2.45) is 5.73 Å². The summed E-state index contributed by atoms with van der Waals surface area (Å²) in [5.41, 5.74) is 6.35. The zero-order valence-corrected chi connectivity index (χ0v) is 13.6. The van der Waals surface area contributed by atoms with Crippen LogP contribution in [-0.2, 0) is 9.47 Å². The summed E-state index contributed by atoms with van der Waals surface area (Å²) < 4.78 is 38.5. The second-order valence-electron chi connectivity index (χ2n) is 5.34. The first-order valence-electron chi connectivity index (χ1n) is 7.30. The Kier molecular flexibility index (Phi) is 4.68. The number of halogens is 2. The van der Waals surface area contributed by atoms with Gasteiger partial charge >= 0.3 is 12.2 Å². The Morgan fingerprint density at radius 2 is 2.00 bits per heavy atom. The molecule has 2 atom stereocenters. The van der Waals surface area contributed by atoms with Crippen molar-refractivity contribution in [2.45, 2.75) is 12.3 Å². The van der Waals surface area contributed by atoms with Gasteiger partial charge in [0.1, 0.15) is 18.3 Å². The van der Waals surface area contributed by atoms with E-state index in [1.807, 2.05) is 0 Å². The molecule has 2 fully saturated rings. The Hall–Kier alpha value is -2.53. The van der Waals surface area contributed by atoms with Gasteiger partial charge < -0.3 is 14.8 Å². The van der Waals surface area contributed by atoms with Crippen molar-refractivity contribution in [2.75, 3.05) is 29.5 Å². The summed E-state index contributed by atoms with van der Waals surface area (Å²) in [4.78, 5) is 25.4. The van der Waals surface area contributed by atoms with Crippen LogP contribution in [0.15, 0.2) is 12.1 Å². The lowest BCUT2D eigenvalue weighted by Crippen LogP contribution is -2.47. The summed E-state index contributed by atoms with van der Waals surface area (Å²) in [5.74, 6) is -2.02. The van der Waals surface area contributed by atoms with E-state index >= 15 is 0 Å². The third kappa shape index (κ3) is 3.07. The third-order valence-corrected chi connectivity index (χ3v) is 4.03. The van der Waals surface area contributed by atoms with E-state index in [1.165, 1.54) is 5.49 Å². The van der Waals surface area contributed by atoms with E-state index in [-0.39, 0.29) is 25.4 Å². The monoisotopic (exact) mass is 372 g/mol. The molecule has 8 nitrogen and oxygen atoms in total. The van der Waals surface area contributed by atoms with Crippen LogP contribution in [-0.4, -0.2) is 49.6 Å². The molecule has 3 N–H and O–H groups in total. The molecular weight excluding hydrogens is 358 g/mol. The first-order valence-corrected chi connectivity index (χ1v) is 7.77. The number of ether oxygens (including phenoxy) is 2. The number of cyclic esters (lactones) is 2. The molecule has 2 saturated heterocycles. The van der Waals surface area contributed by atoms with Gasteiger partial charge in [-0.05, 0) is 0 Å². The molecule has 2 aliphatic heterocycles. The number of anilines is 2. The molecule has 2 heterocycles. The summed E-state index contributed by atoms with van der Waals surface area (Å²) in [6, 6.07) is 1.16. The highest BCUT2D eigenvalue weighted by Gasteiger charge is 2.41. The first-order chi connectivity index (χ1) is 11.9. The maximum absolute atomic E-state index is 14.5.